The third-order valence-corrected chi connectivity index (χ3v) is 6.04. The Balaban J connectivity index is 1.34. The highest BCUT2D eigenvalue weighted by molar-refractivity contribution is 7.15. The number of anilines is 1. The first-order valence-corrected chi connectivity index (χ1v) is 10.6. The van der Waals surface area contributed by atoms with E-state index in [2.05, 4.69) is 25.2 Å². The van der Waals surface area contributed by atoms with Crippen molar-refractivity contribution < 1.29 is 4.79 Å². The van der Waals surface area contributed by atoms with Crippen LogP contribution >= 0.6 is 11.3 Å². The Morgan fingerprint density at radius 1 is 1.21 bits per heavy atom. The van der Waals surface area contributed by atoms with Crippen molar-refractivity contribution in [3.05, 3.63) is 53.1 Å². The van der Waals surface area contributed by atoms with Gasteiger partial charge in [0.1, 0.15) is 0 Å². The number of amides is 1. The molecule has 8 heteroatoms. The lowest BCUT2D eigenvalue weighted by atomic mass is 10.2. The number of rotatable bonds is 6. The third kappa shape index (κ3) is 4.76. The molecule has 4 rings (SSSR count). The molecule has 0 bridgehead atoms. The lowest BCUT2D eigenvalue weighted by Crippen LogP contribution is -2.37. The van der Waals surface area contributed by atoms with Gasteiger partial charge in [-0.1, -0.05) is 6.07 Å². The minimum atomic E-state index is 0.0629. The second-order valence-corrected chi connectivity index (χ2v) is 8.41. The molecule has 150 valence electrons. The van der Waals surface area contributed by atoms with E-state index in [-0.39, 0.29) is 11.9 Å². The zero-order valence-electron chi connectivity index (χ0n) is 16.6. The highest BCUT2D eigenvalue weighted by Gasteiger charge is 2.26. The SMILES string of the molecule is Cc1nc(C)c(-c2ccnc(N3CCC(NC(=O)CCc4ccccn4)C3)n2)s1. The van der Waals surface area contributed by atoms with E-state index in [1.54, 1.807) is 23.7 Å². The van der Waals surface area contributed by atoms with Crippen LogP contribution in [0.1, 0.15) is 29.2 Å². The van der Waals surface area contributed by atoms with Crippen LogP contribution < -0.4 is 10.2 Å². The average Bonchev–Trinajstić information content (AvgIpc) is 3.33. The molecule has 7 nitrogen and oxygen atoms in total. The maximum atomic E-state index is 12.3. The van der Waals surface area contributed by atoms with Gasteiger partial charge < -0.3 is 10.2 Å². The minimum absolute atomic E-state index is 0.0629. The van der Waals surface area contributed by atoms with Crippen molar-refractivity contribution in [2.24, 2.45) is 0 Å². The first-order chi connectivity index (χ1) is 14.1. The quantitative estimate of drug-likeness (QED) is 0.675. The molecule has 1 fully saturated rings. The predicted octanol–water partition coefficient (Wildman–Crippen LogP) is 2.94. The molecule has 1 atom stereocenters. The molecular weight excluding hydrogens is 384 g/mol. The fourth-order valence-electron chi connectivity index (χ4n) is 3.54. The maximum absolute atomic E-state index is 12.3. The summed E-state index contributed by atoms with van der Waals surface area (Å²) >= 11 is 1.65. The van der Waals surface area contributed by atoms with E-state index in [0.717, 1.165) is 46.5 Å². The summed E-state index contributed by atoms with van der Waals surface area (Å²) in [7, 11) is 0. The summed E-state index contributed by atoms with van der Waals surface area (Å²) in [5, 5.41) is 4.17. The van der Waals surface area contributed by atoms with Crippen molar-refractivity contribution in [1.29, 1.82) is 0 Å². The number of nitrogens with zero attached hydrogens (tertiary/aromatic N) is 5. The molecule has 1 amide bonds. The number of thiazole rings is 1. The van der Waals surface area contributed by atoms with E-state index >= 15 is 0 Å². The number of nitrogens with one attached hydrogen (secondary N) is 1. The normalized spacial score (nSPS) is 16.2. The van der Waals surface area contributed by atoms with Gasteiger partial charge in [0, 0.05) is 43.6 Å². The van der Waals surface area contributed by atoms with Crippen molar-refractivity contribution in [2.45, 2.75) is 39.2 Å². The van der Waals surface area contributed by atoms with E-state index in [1.807, 2.05) is 38.1 Å². The molecule has 0 spiro atoms. The van der Waals surface area contributed by atoms with Gasteiger partial charge in [0.05, 0.1) is 21.3 Å². The van der Waals surface area contributed by atoms with Crippen LogP contribution in [0.2, 0.25) is 0 Å². The van der Waals surface area contributed by atoms with Crippen molar-refractivity contribution in [1.82, 2.24) is 25.3 Å². The monoisotopic (exact) mass is 408 g/mol. The fraction of sp³-hybridized carbons (Fsp3) is 0.381. The van der Waals surface area contributed by atoms with Gasteiger partial charge in [-0.05, 0) is 44.9 Å². The molecule has 1 aliphatic heterocycles. The van der Waals surface area contributed by atoms with E-state index in [1.165, 1.54) is 0 Å². The highest BCUT2D eigenvalue weighted by atomic mass is 32.1. The number of carbonyl (C=O) groups excluding carboxylic acids is 1. The summed E-state index contributed by atoms with van der Waals surface area (Å²) in [6.45, 7) is 5.56. The summed E-state index contributed by atoms with van der Waals surface area (Å²) in [4.78, 5) is 33.5. The van der Waals surface area contributed by atoms with Crippen LogP contribution in [-0.4, -0.2) is 45.0 Å². The number of hydrogen-bond donors (Lipinski definition) is 1. The van der Waals surface area contributed by atoms with Crippen molar-refractivity contribution in [2.75, 3.05) is 18.0 Å². The highest BCUT2D eigenvalue weighted by Crippen LogP contribution is 2.29. The Labute approximate surface area is 174 Å². The van der Waals surface area contributed by atoms with Gasteiger partial charge in [-0.25, -0.2) is 15.0 Å². The standard InChI is InChI=1S/C21H24N6OS/c1-14-20(29-15(2)24-14)18-8-11-23-21(26-18)27-12-9-17(13-27)25-19(28)7-6-16-5-3-4-10-22-16/h3-5,8,10-11,17H,6-7,9,12-13H2,1-2H3,(H,25,28). The molecule has 4 heterocycles. The van der Waals surface area contributed by atoms with Crippen molar-refractivity contribution >= 4 is 23.2 Å². The molecule has 3 aromatic heterocycles. The Bertz CT molecular complexity index is 990. The van der Waals surface area contributed by atoms with Gasteiger partial charge >= 0.3 is 0 Å². The molecule has 29 heavy (non-hydrogen) atoms. The third-order valence-electron chi connectivity index (χ3n) is 4.95. The molecule has 0 aromatic carbocycles. The van der Waals surface area contributed by atoms with Gasteiger partial charge in [-0.2, -0.15) is 0 Å². The Morgan fingerprint density at radius 3 is 2.86 bits per heavy atom. The van der Waals surface area contributed by atoms with Gasteiger partial charge in [0.25, 0.3) is 0 Å². The van der Waals surface area contributed by atoms with Crippen LogP contribution in [0, 0.1) is 13.8 Å². The zero-order valence-corrected chi connectivity index (χ0v) is 17.4. The van der Waals surface area contributed by atoms with Crippen LogP contribution in [-0.2, 0) is 11.2 Å². The van der Waals surface area contributed by atoms with Crippen LogP contribution in [0.25, 0.3) is 10.6 Å². The molecule has 1 aliphatic rings. The molecule has 1 N–H and O–H groups in total. The van der Waals surface area contributed by atoms with E-state index in [0.29, 0.717) is 18.8 Å². The van der Waals surface area contributed by atoms with Crippen LogP contribution in [0.15, 0.2) is 36.7 Å². The summed E-state index contributed by atoms with van der Waals surface area (Å²) in [5.74, 6) is 0.770. The molecule has 3 aromatic rings. The minimum Gasteiger partial charge on any atom is -0.352 e. The Hall–Kier alpha value is -2.87. The number of carbonyl (C=O) groups is 1. The first kappa shape index (κ1) is 19.4. The number of pyridine rings is 1. The first-order valence-electron chi connectivity index (χ1n) is 9.80. The van der Waals surface area contributed by atoms with Crippen LogP contribution in [0.4, 0.5) is 5.95 Å². The number of aryl methyl sites for hydroxylation is 3. The van der Waals surface area contributed by atoms with Crippen LogP contribution in [0.3, 0.4) is 0 Å². The maximum Gasteiger partial charge on any atom is 0.225 e. The zero-order chi connectivity index (χ0) is 20.2. The topological polar surface area (TPSA) is 83.9 Å². The van der Waals surface area contributed by atoms with Gasteiger partial charge in [0.15, 0.2) is 0 Å². The molecular formula is C21H24N6OS. The second-order valence-electron chi connectivity index (χ2n) is 7.21. The summed E-state index contributed by atoms with van der Waals surface area (Å²) in [6.07, 6.45) is 5.54. The van der Waals surface area contributed by atoms with E-state index < -0.39 is 0 Å². The van der Waals surface area contributed by atoms with Gasteiger partial charge in [-0.15, -0.1) is 11.3 Å². The number of aromatic nitrogens is 4. The van der Waals surface area contributed by atoms with Gasteiger partial charge in [0.2, 0.25) is 11.9 Å². The molecule has 0 radical (unpaired) electrons. The molecule has 1 saturated heterocycles. The lowest BCUT2D eigenvalue weighted by Gasteiger charge is -2.17. The molecule has 0 saturated carbocycles. The number of hydrogen-bond acceptors (Lipinski definition) is 7. The Morgan fingerprint density at radius 2 is 2.10 bits per heavy atom. The molecule has 1 unspecified atom stereocenters. The summed E-state index contributed by atoms with van der Waals surface area (Å²) in [6, 6.07) is 7.81. The average molecular weight is 409 g/mol. The largest absolute Gasteiger partial charge is 0.352 e. The van der Waals surface area contributed by atoms with Gasteiger partial charge in [-0.3, -0.25) is 9.78 Å². The predicted molar refractivity (Wildman–Crippen MR) is 114 cm³/mol. The molecule has 0 aliphatic carbocycles. The van der Waals surface area contributed by atoms with E-state index in [9.17, 15) is 4.79 Å². The summed E-state index contributed by atoms with van der Waals surface area (Å²) < 4.78 is 0. The van der Waals surface area contributed by atoms with E-state index in [4.69, 9.17) is 4.98 Å². The smallest absolute Gasteiger partial charge is 0.225 e. The fourth-order valence-corrected chi connectivity index (χ4v) is 4.43. The Kier molecular flexibility index (Phi) is 5.80. The van der Waals surface area contributed by atoms with Crippen molar-refractivity contribution in [3.63, 3.8) is 0 Å². The summed E-state index contributed by atoms with van der Waals surface area (Å²) in [5.41, 5.74) is 2.84. The second kappa shape index (κ2) is 8.65. The van der Waals surface area contributed by atoms with Crippen LogP contribution in [0.5, 0.6) is 0 Å². The van der Waals surface area contributed by atoms with Crippen molar-refractivity contribution in [3.8, 4) is 10.6 Å². The lowest BCUT2D eigenvalue weighted by molar-refractivity contribution is -0.121.